The van der Waals surface area contributed by atoms with Gasteiger partial charge in [-0.25, -0.2) is 13.2 Å². The molecule has 2 amide bonds. The number of nitrogens with zero attached hydrogens (tertiary/aromatic N) is 2. The largest absolute Gasteiger partial charge is 0.449 e. The SMILES string of the molecule is CCOC(=O)N(C)c1ccc(NC(=O)c2sccc2S(=O)(=O)N2CCSCC2)cc1. The second-order valence-corrected chi connectivity index (χ2v) is 10.4. The van der Waals surface area contributed by atoms with Crippen LogP contribution in [-0.4, -0.2) is 63.0 Å². The molecular formula is C19H23N3O5S3. The smallest absolute Gasteiger partial charge is 0.413 e. The molecule has 2 heterocycles. The number of carbonyl (C=O) groups is 2. The van der Waals surface area contributed by atoms with Crippen LogP contribution in [0.15, 0.2) is 40.6 Å². The summed E-state index contributed by atoms with van der Waals surface area (Å²) in [6.07, 6.45) is -0.473. The zero-order chi connectivity index (χ0) is 21.7. The van der Waals surface area contributed by atoms with E-state index < -0.39 is 22.0 Å². The van der Waals surface area contributed by atoms with Gasteiger partial charge in [-0.3, -0.25) is 9.69 Å². The number of carbonyl (C=O) groups excluding carboxylic acids is 2. The van der Waals surface area contributed by atoms with Gasteiger partial charge in [-0.05, 0) is 42.6 Å². The number of amides is 2. The van der Waals surface area contributed by atoms with Crippen molar-refractivity contribution in [1.29, 1.82) is 0 Å². The fraction of sp³-hybridized carbons (Fsp3) is 0.368. The number of hydrogen-bond donors (Lipinski definition) is 1. The van der Waals surface area contributed by atoms with E-state index in [0.717, 1.165) is 22.8 Å². The lowest BCUT2D eigenvalue weighted by Crippen LogP contribution is -2.38. The van der Waals surface area contributed by atoms with Crippen LogP contribution in [-0.2, 0) is 14.8 Å². The van der Waals surface area contributed by atoms with Gasteiger partial charge < -0.3 is 10.1 Å². The molecule has 0 radical (unpaired) electrons. The van der Waals surface area contributed by atoms with Crippen LogP contribution < -0.4 is 10.2 Å². The van der Waals surface area contributed by atoms with E-state index in [0.29, 0.717) is 24.5 Å². The standard InChI is InChI=1S/C19H23N3O5S3/c1-3-27-19(24)21(2)15-6-4-14(5-7-15)20-18(23)17-16(8-11-29-17)30(25,26)22-9-12-28-13-10-22/h4-8,11H,3,9-10,12-13H2,1-2H3,(H,20,23). The van der Waals surface area contributed by atoms with Crippen LogP contribution in [0, 0.1) is 0 Å². The quantitative estimate of drug-likeness (QED) is 0.697. The molecule has 1 saturated heterocycles. The molecule has 0 saturated carbocycles. The molecular weight excluding hydrogens is 446 g/mol. The number of ether oxygens (including phenoxy) is 1. The van der Waals surface area contributed by atoms with E-state index in [1.807, 2.05) is 0 Å². The van der Waals surface area contributed by atoms with E-state index in [2.05, 4.69) is 5.32 Å². The first-order valence-corrected chi connectivity index (χ1v) is 12.8. The molecule has 3 rings (SSSR count). The van der Waals surface area contributed by atoms with Crippen molar-refractivity contribution in [2.45, 2.75) is 11.8 Å². The second kappa shape index (κ2) is 9.82. The van der Waals surface area contributed by atoms with E-state index in [4.69, 9.17) is 4.74 Å². The molecule has 0 unspecified atom stereocenters. The maximum Gasteiger partial charge on any atom is 0.413 e. The fourth-order valence-electron chi connectivity index (χ4n) is 2.87. The van der Waals surface area contributed by atoms with Crippen molar-refractivity contribution in [3.8, 4) is 0 Å². The first-order valence-electron chi connectivity index (χ1n) is 9.32. The van der Waals surface area contributed by atoms with E-state index in [1.54, 1.807) is 55.4 Å². The highest BCUT2D eigenvalue weighted by Gasteiger charge is 2.31. The highest BCUT2D eigenvalue weighted by Crippen LogP contribution is 2.28. The van der Waals surface area contributed by atoms with E-state index >= 15 is 0 Å². The molecule has 1 aliphatic heterocycles. The minimum Gasteiger partial charge on any atom is -0.449 e. The number of thioether (sulfide) groups is 1. The average molecular weight is 470 g/mol. The van der Waals surface area contributed by atoms with Gasteiger partial charge in [-0.15, -0.1) is 11.3 Å². The highest BCUT2D eigenvalue weighted by molar-refractivity contribution is 7.99. The van der Waals surface area contributed by atoms with Gasteiger partial charge in [0.15, 0.2) is 0 Å². The molecule has 30 heavy (non-hydrogen) atoms. The van der Waals surface area contributed by atoms with Crippen molar-refractivity contribution in [2.24, 2.45) is 0 Å². The molecule has 0 atom stereocenters. The molecule has 1 fully saturated rings. The monoisotopic (exact) mass is 469 g/mol. The molecule has 162 valence electrons. The summed E-state index contributed by atoms with van der Waals surface area (Å²) in [7, 11) is -2.12. The lowest BCUT2D eigenvalue weighted by Gasteiger charge is -2.25. The van der Waals surface area contributed by atoms with Crippen molar-refractivity contribution in [1.82, 2.24) is 4.31 Å². The molecule has 1 aliphatic rings. The Morgan fingerprint density at radius 3 is 2.47 bits per heavy atom. The zero-order valence-corrected chi connectivity index (χ0v) is 19.1. The van der Waals surface area contributed by atoms with Crippen LogP contribution in [0.1, 0.15) is 16.6 Å². The first-order chi connectivity index (χ1) is 14.3. The Labute approximate surface area is 184 Å². The van der Waals surface area contributed by atoms with Crippen LogP contribution in [0.2, 0.25) is 0 Å². The average Bonchev–Trinajstić information content (AvgIpc) is 3.26. The summed E-state index contributed by atoms with van der Waals surface area (Å²) in [5, 5.41) is 4.34. The number of sulfonamides is 1. The Kier molecular flexibility index (Phi) is 7.40. The van der Waals surface area contributed by atoms with E-state index in [-0.39, 0.29) is 16.4 Å². The number of hydrogen-bond acceptors (Lipinski definition) is 7. The first kappa shape index (κ1) is 22.6. The van der Waals surface area contributed by atoms with Gasteiger partial charge in [0, 0.05) is 43.0 Å². The van der Waals surface area contributed by atoms with Crippen molar-refractivity contribution < 1.29 is 22.7 Å². The third kappa shape index (κ3) is 4.97. The molecule has 0 spiro atoms. The molecule has 11 heteroatoms. The van der Waals surface area contributed by atoms with Crippen molar-refractivity contribution in [2.75, 3.05) is 48.5 Å². The molecule has 2 aromatic rings. The molecule has 1 aromatic carbocycles. The predicted molar refractivity (Wildman–Crippen MR) is 120 cm³/mol. The van der Waals surface area contributed by atoms with Crippen LogP contribution in [0.4, 0.5) is 16.2 Å². The van der Waals surface area contributed by atoms with Crippen molar-refractivity contribution >= 4 is 56.5 Å². The van der Waals surface area contributed by atoms with Gasteiger partial charge in [-0.2, -0.15) is 16.1 Å². The summed E-state index contributed by atoms with van der Waals surface area (Å²) < 4.78 is 32.3. The summed E-state index contributed by atoms with van der Waals surface area (Å²) in [5.41, 5.74) is 1.10. The number of benzene rings is 1. The van der Waals surface area contributed by atoms with Crippen LogP contribution in [0.5, 0.6) is 0 Å². The second-order valence-electron chi connectivity index (χ2n) is 6.39. The van der Waals surface area contributed by atoms with Crippen molar-refractivity contribution in [3.05, 3.63) is 40.6 Å². The third-order valence-electron chi connectivity index (χ3n) is 4.48. The summed E-state index contributed by atoms with van der Waals surface area (Å²) >= 11 is 2.81. The maximum absolute atomic E-state index is 13.0. The summed E-state index contributed by atoms with van der Waals surface area (Å²) in [5.74, 6) is 1.01. The lowest BCUT2D eigenvalue weighted by atomic mass is 10.2. The van der Waals surface area contributed by atoms with Gasteiger partial charge in [-0.1, -0.05) is 0 Å². The van der Waals surface area contributed by atoms with Gasteiger partial charge in [0.2, 0.25) is 10.0 Å². The normalized spacial score (nSPS) is 14.9. The molecule has 1 N–H and O–H groups in total. The Morgan fingerprint density at radius 2 is 1.83 bits per heavy atom. The Morgan fingerprint density at radius 1 is 1.17 bits per heavy atom. The minimum atomic E-state index is -3.71. The van der Waals surface area contributed by atoms with Crippen LogP contribution in [0.25, 0.3) is 0 Å². The van der Waals surface area contributed by atoms with Crippen LogP contribution >= 0.6 is 23.1 Å². The molecule has 0 aliphatic carbocycles. The number of nitrogens with one attached hydrogen (secondary N) is 1. The molecule has 0 bridgehead atoms. The van der Waals surface area contributed by atoms with Crippen LogP contribution in [0.3, 0.4) is 0 Å². The van der Waals surface area contributed by atoms with E-state index in [1.165, 1.54) is 15.3 Å². The van der Waals surface area contributed by atoms with Gasteiger partial charge in [0.05, 0.1) is 6.61 Å². The van der Waals surface area contributed by atoms with Gasteiger partial charge in [0.25, 0.3) is 5.91 Å². The van der Waals surface area contributed by atoms with E-state index in [9.17, 15) is 18.0 Å². The topological polar surface area (TPSA) is 96.0 Å². The molecule has 8 nitrogen and oxygen atoms in total. The van der Waals surface area contributed by atoms with Crippen molar-refractivity contribution in [3.63, 3.8) is 0 Å². The van der Waals surface area contributed by atoms with Gasteiger partial charge in [0.1, 0.15) is 9.77 Å². The summed E-state index contributed by atoms with van der Waals surface area (Å²) in [4.78, 5) is 26.1. The lowest BCUT2D eigenvalue weighted by molar-refractivity contribution is 0.102. The zero-order valence-electron chi connectivity index (χ0n) is 16.7. The predicted octanol–water partition coefficient (Wildman–Crippen LogP) is 3.33. The Bertz CT molecular complexity index is 999. The number of rotatable bonds is 6. The molecule has 1 aromatic heterocycles. The Balaban J connectivity index is 1.73. The summed E-state index contributed by atoms with van der Waals surface area (Å²) in [6.45, 7) is 2.89. The third-order valence-corrected chi connectivity index (χ3v) is 8.40. The Hall–Kier alpha value is -2.08. The maximum atomic E-state index is 13.0. The summed E-state index contributed by atoms with van der Waals surface area (Å²) in [6, 6.07) is 8.11. The highest BCUT2D eigenvalue weighted by atomic mass is 32.2. The fourth-order valence-corrected chi connectivity index (χ4v) is 6.75. The van der Waals surface area contributed by atoms with Gasteiger partial charge >= 0.3 is 6.09 Å². The minimum absolute atomic E-state index is 0.0376. The number of anilines is 2. The number of thiophene rings is 1.